The van der Waals surface area contributed by atoms with Gasteiger partial charge in [-0.2, -0.15) is 0 Å². The fourth-order valence-corrected chi connectivity index (χ4v) is 2.33. The molecular formula is C14H19NO3S. The van der Waals surface area contributed by atoms with Crippen LogP contribution in [0.1, 0.15) is 18.5 Å². The van der Waals surface area contributed by atoms with E-state index in [1.165, 1.54) is 4.90 Å². The molecule has 0 aromatic heterocycles. The van der Waals surface area contributed by atoms with E-state index in [2.05, 4.69) is 17.4 Å². The third-order valence-corrected chi connectivity index (χ3v) is 3.83. The number of nitrogens with one attached hydrogen (secondary N) is 1. The molecule has 0 spiro atoms. The first-order valence-electron chi connectivity index (χ1n) is 6.34. The summed E-state index contributed by atoms with van der Waals surface area (Å²) in [6.07, 6.45) is 1.56. The molecule has 4 nitrogen and oxygen atoms in total. The SMILES string of the molecule is CSc1ccc([C@H](C)NC(=O)[C@H]2COCCO2)cc1. The molecule has 1 fully saturated rings. The van der Waals surface area contributed by atoms with Crippen LogP contribution in [0.4, 0.5) is 0 Å². The summed E-state index contributed by atoms with van der Waals surface area (Å²) in [7, 11) is 0. The monoisotopic (exact) mass is 281 g/mol. The summed E-state index contributed by atoms with van der Waals surface area (Å²) in [6.45, 7) is 3.35. The van der Waals surface area contributed by atoms with Crippen molar-refractivity contribution in [3.8, 4) is 0 Å². The highest BCUT2D eigenvalue weighted by Gasteiger charge is 2.23. The van der Waals surface area contributed by atoms with Gasteiger partial charge in [0.25, 0.3) is 5.91 Å². The Hall–Kier alpha value is -1.04. The van der Waals surface area contributed by atoms with E-state index in [1.807, 2.05) is 25.3 Å². The first-order chi connectivity index (χ1) is 9.20. The minimum Gasteiger partial charge on any atom is -0.376 e. The summed E-state index contributed by atoms with van der Waals surface area (Å²) in [5.41, 5.74) is 1.09. The maximum absolute atomic E-state index is 12.0. The van der Waals surface area contributed by atoms with Gasteiger partial charge in [-0.15, -0.1) is 11.8 Å². The highest BCUT2D eigenvalue weighted by molar-refractivity contribution is 7.98. The summed E-state index contributed by atoms with van der Waals surface area (Å²) < 4.78 is 10.6. The van der Waals surface area contributed by atoms with E-state index in [0.29, 0.717) is 19.8 Å². The lowest BCUT2D eigenvalue weighted by Gasteiger charge is -2.24. The molecule has 0 bridgehead atoms. The Morgan fingerprint density at radius 1 is 1.37 bits per heavy atom. The van der Waals surface area contributed by atoms with Crippen molar-refractivity contribution in [1.82, 2.24) is 5.32 Å². The van der Waals surface area contributed by atoms with Crippen molar-refractivity contribution in [2.45, 2.75) is 24.0 Å². The molecule has 1 aromatic rings. The minimum absolute atomic E-state index is 0.0334. The number of rotatable bonds is 4. The zero-order chi connectivity index (χ0) is 13.7. The van der Waals surface area contributed by atoms with Gasteiger partial charge in [-0.1, -0.05) is 12.1 Å². The van der Waals surface area contributed by atoms with Gasteiger partial charge in [0.2, 0.25) is 0 Å². The predicted octanol–water partition coefficient (Wildman–Crippen LogP) is 2.00. The summed E-state index contributed by atoms with van der Waals surface area (Å²) in [5.74, 6) is -0.110. The van der Waals surface area contributed by atoms with Crippen LogP contribution in [-0.2, 0) is 14.3 Å². The van der Waals surface area contributed by atoms with E-state index < -0.39 is 6.10 Å². The molecule has 1 aromatic carbocycles. The zero-order valence-electron chi connectivity index (χ0n) is 11.2. The van der Waals surface area contributed by atoms with Crippen molar-refractivity contribution in [2.75, 3.05) is 26.1 Å². The number of carbonyl (C=O) groups excluding carboxylic acids is 1. The molecular weight excluding hydrogens is 262 g/mol. The molecule has 1 heterocycles. The third kappa shape index (κ3) is 3.96. The van der Waals surface area contributed by atoms with Crippen molar-refractivity contribution in [2.24, 2.45) is 0 Å². The van der Waals surface area contributed by atoms with Gasteiger partial charge in [0.15, 0.2) is 6.10 Å². The second-order valence-corrected chi connectivity index (χ2v) is 5.32. The second-order valence-electron chi connectivity index (χ2n) is 4.44. The molecule has 5 heteroatoms. The summed E-state index contributed by atoms with van der Waals surface area (Å²) >= 11 is 1.70. The number of hydrogen-bond acceptors (Lipinski definition) is 4. The zero-order valence-corrected chi connectivity index (χ0v) is 12.0. The smallest absolute Gasteiger partial charge is 0.252 e. The van der Waals surface area contributed by atoms with Crippen molar-refractivity contribution in [3.05, 3.63) is 29.8 Å². The van der Waals surface area contributed by atoms with Gasteiger partial charge in [0.1, 0.15) is 0 Å². The molecule has 0 saturated carbocycles. The van der Waals surface area contributed by atoms with Crippen molar-refractivity contribution in [3.63, 3.8) is 0 Å². The molecule has 0 aliphatic carbocycles. The molecule has 1 saturated heterocycles. The van der Waals surface area contributed by atoms with E-state index >= 15 is 0 Å². The van der Waals surface area contributed by atoms with Crippen LogP contribution in [-0.4, -0.2) is 38.1 Å². The highest BCUT2D eigenvalue weighted by atomic mass is 32.2. The third-order valence-electron chi connectivity index (χ3n) is 3.08. The molecule has 0 radical (unpaired) electrons. The normalized spacial score (nSPS) is 20.8. The van der Waals surface area contributed by atoms with E-state index in [0.717, 1.165) is 5.56 Å². The molecule has 1 amide bonds. The maximum atomic E-state index is 12.0. The Balaban J connectivity index is 1.91. The topological polar surface area (TPSA) is 47.6 Å². The molecule has 1 N–H and O–H groups in total. The first-order valence-corrected chi connectivity index (χ1v) is 7.57. The van der Waals surface area contributed by atoms with Gasteiger partial charge in [-0.25, -0.2) is 0 Å². The summed E-state index contributed by atoms with van der Waals surface area (Å²) in [5, 5.41) is 2.95. The first kappa shape index (κ1) is 14.4. The van der Waals surface area contributed by atoms with Crippen molar-refractivity contribution >= 4 is 17.7 Å². The fraction of sp³-hybridized carbons (Fsp3) is 0.500. The highest BCUT2D eigenvalue weighted by Crippen LogP contribution is 2.19. The fourth-order valence-electron chi connectivity index (χ4n) is 1.92. The lowest BCUT2D eigenvalue weighted by molar-refractivity contribution is -0.148. The Kier molecular flexibility index (Phi) is 5.24. The summed E-state index contributed by atoms with van der Waals surface area (Å²) in [6, 6.07) is 8.16. The second kappa shape index (κ2) is 6.93. The molecule has 2 rings (SSSR count). The van der Waals surface area contributed by atoms with Gasteiger partial charge in [-0.05, 0) is 30.9 Å². The van der Waals surface area contributed by atoms with Crippen molar-refractivity contribution < 1.29 is 14.3 Å². The molecule has 1 aliphatic heterocycles. The van der Waals surface area contributed by atoms with Gasteiger partial charge in [0, 0.05) is 4.90 Å². The number of carbonyl (C=O) groups is 1. The van der Waals surface area contributed by atoms with Gasteiger partial charge < -0.3 is 14.8 Å². The van der Waals surface area contributed by atoms with Gasteiger partial charge >= 0.3 is 0 Å². The molecule has 2 atom stereocenters. The Morgan fingerprint density at radius 3 is 2.68 bits per heavy atom. The average Bonchev–Trinajstić information content (AvgIpc) is 2.48. The largest absolute Gasteiger partial charge is 0.376 e. The Morgan fingerprint density at radius 2 is 2.11 bits per heavy atom. The average molecular weight is 281 g/mol. The number of ether oxygens (including phenoxy) is 2. The molecule has 0 unspecified atom stereocenters. The van der Waals surface area contributed by atoms with E-state index in [1.54, 1.807) is 11.8 Å². The molecule has 104 valence electrons. The Bertz CT molecular complexity index is 415. The van der Waals surface area contributed by atoms with Crippen LogP contribution in [0, 0.1) is 0 Å². The predicted molar refractivity (Wildman–Crippen MR) is 75.3 cm³/mol. The standard InChI is InChI=1S/C14H19NO3S/c1-10(11-3-5-12(19-2)6-4-11)15-14(16)13-9-17-7-8-18-13/h3-6,10,13H,7-9H2,1-2H3,(H,15,16)/t10-,13+/m0/s1. The summed E-state index contributed by atoms with van der Waals surface area (Å²) in [4.78, 5) is 13.2. The van der Waals surface area contributed by atoms with Crippen LogP contribution in [0.5, 0.6) is 0 Å². The number of benzene rings is 1. The minimum atomic E-state index is -0.485. The van der Waals surface area contributed by atoms with Crippen LogP contribution in [0.25, 0.3) is 0 Å². The quantitative estimate of drug-likeness (QED) is 0.858. The lowest BCUT2D eigenvalue weighted by Crippen LogP contribution is -2.43. The maximum Gasteiger partial charge on any atom is 0.252 e. The number of hydrogen-bond donors (Lipinski definition) is 1. The number of thioether (sulfide) groups is 1. The van der Waals surface area contributed by atoms with Crippen LogP contribution in [0.3, 0.4) is 0 Å². The van der Waals surface area contributed by atoms with E-state index in [4.69, 9.17) is 9.47 Å². The Labute approximate surface area is 117 Å². The van der Waals surface area contributed by atoms with Gasteiger partial charge in [0.05, 0.1) is 25.9 Å². The van der Waals surface area contributed by atoms with Crippen LogP contribution in [0.15, 0.2) is 29.2 Å². The molecule has 1 aliphatic rings. The van der Waals surface area contributed by atoms with E-state index in [-0.39, 0.29) is 11.9 Å². The lowest BCUT2D eigenvalue weighted by atomic mass is 10.1. The van der Waals surface area contributed by atoms with Gasteiger partial charge in [-0.3, -0.25) is 4.79 Å². The van der Waals surface area contributed by atoms with Crippen LogP contribution in [0.2, 0.25) is 0 Å². The van der Waals surface area contributed by atoms with Crippen molar-refractivity contribution in [1.29, 1.82) is 0 Å². The van der Waals surface area contributed by atoms with Crippen LogP contribution < -0.4 is 5.32 Å². The number of amides is 1. The van der Waals surface area contributed by atoms with E-state index in [9.17, 15) is 4.79 Å². The molecule has 19 heavy (non-hydrogen) atoms. The van der Waals surface area contributed by atoms with Crippen LogP contribution >= 0.6 is 11.8 Å².